The molecule has 4 nitrogen and oxygen atoms in total. The third-order valence-electron chi connectivity index (χ3n) is 4.68. The summed E-state index contributed by atoms with van der Waals surface area (Å²) in [7, 11) is 0. The van der Waals surface area contributed by atoms with Gasteiger partial charge in [0.05, 0.1) is 21.7 Å². The molecule has 0 bridgehead atoms. The maximum atomic E-state index is 13.9. The minimum absolute atomic E-state index is 0.0279. The van der Waals surface area contributed by atoms with E-state index in [-0.39, 0.29) is 21.5 Å². The Labute approximate surface area is 187 Å². The van der Waals surface area contributed by atoms with Crippen molar-refractivity contribution in [3.63, 3.8) is 0 Å². The largest absolute Gasteiger partial charge is 0.418 e. The normalized spacial score (nSPS) is 11.4. The lowest BCUT2D eigenvalue weighted by atomic mass is 10.1. The highest BCUT2D eigenvalue weighted by atomic mass is 32.1. The molecule has 0 fully saturated rings. The van der Waals surface area contributed by atoms with Gasteiger partial charge in [0, 0.05) is 15.8 Å². The van der Waals surface area contributed by atoms with Crippen LogP contribution in [0.5, 0.6) is 0 Å². The van der Waals surface area contributed by atoms with Gasteiger partial charge in [0.25, 0.3) is 11.8 Å². The van der Waals surface area contributed by atoms with E-state index in [1.54, 1.807) is 6.07 Å². The molecule has 33 heavy (non-hydrogen) atoms. The van der Waals surface area contributed by atoms with E-state index in [0.717, 1.165) is 29.5 Å². The first kappa shape index (κ1) is 22.4. The van der Waals surface area contributed by atoms with E-state index in [1.165, 1.54) is 36.4 Å². The molecule has 10 heteroatoms. The third-order valence-corrected chi connectivity index (χ3v) is 5.78. The van der Waals surface area contributed by atoms with Gasteiger partial charge in [-0.25, -0.2) is 8.78 Å². The smallest absolute Gasteiger partial charge is 0.322 e. The number of benzene rings is 3. The Hall–Kier alpha value is -3.79. The lowest BCUT2D eigenvalue weighted by Crippen LogP contribution is -2.18. The molecule has 3 aromatic carbocycles. The summed E-state index contributed by atoms with van der Waals surface area (Å²) < 4.78 is 69.1. The van der Waals surface area contributed by atoms with Crippen LogP contribution < -0.4 is 10.6 Å². The van der Waals surface area contributed by atoms with Gasteiger partial charge >= 0.3 is 6.18 Å². The number of carbonyl (C=O) groups is 2. The Balaban J connectivity index is 1.61. The first-order chi connectivity index (χ1) is 15.6. The van der Waals surface area contributed by atoms with Gasteiger partial charge in [0.15, 0.2) is 0 Å². The molecule has 2 amide bonds. The van der Waals surface area contributed by atoms with Crippen LogP contribution in [0, 0.1) is 11.6 Å². The van der Waals surface area contributed by atoms with E-state index < -0.39 is 40.9 Å². The summed E-state index contributed by atoms with van der Waals surface area (Å²) in [6, 6.07) is 13.3. The number of anilines is 2. The van der Waals surface area contributed by atoms with Gasteiger partial charge in [-0.05, 0) is 48.5 Å². The number of halogens is 5. The number of thiophene rings is 1. The zero-order valence-electron chi connectivity index (χ0n) is 16.5. The number of fused-ring (bicyclic) bond motifs is 1. The number of hydrogen-bond donors (Lipinski definition) is 2. The molecular weight excluding hydrogens is 463 g/mol. The van der Waals surface area contributed by atoms with Crippen molar-refractivity contribution in [3.05, 3.63) is 94.4 Å². The number of nitrogens with one attached hydrogen (secondary N) is 2. The highest BCUT2D eigenvalue weighted by Crippen LogP contribution is 2.37. The van der Waals surface area contributed by atoms with Gasteiger partial charge in [-0.1, -0.05) is 18.2 Å². The molecule has 0 atom stereocenters. The summed E-state index contributed by atoms with van der Waals surface area (Å²) in [5, 5.41) is 4.60. The van der Waals surface area contributed by atoms with Crippen LogP contribution in [-0.4, -0.2) is 11.8 Å². The lowest BCUT2D eigenvalue weighted by Gasteiger charge is -2.15. The number of amides is 2. The Morgan fingerprint density at radius 2 is 1.52 bits per heavy atom. The lowest BCUT2D eigenvalue weighted by molar-refractivity contribution is -0.136. The summed E-state index contributed by atoms with van der Waals surface area (Å²) >= 11 is 0.937. The second-order valence-electron chi connectivity index (χ2n) is 6.91. The van der Waals surface area contributed by atoms with Gasteiger partial charge in [0.2, 0.25) is 0 Å². The van der Waals surface area contributed by atoms with Crippen molar-refractivity contribution >= 4 is 44.6 Å². The summed E-state index contributed by atoms with van der Waals surface area (Å²) in [6.07, 6.45) is -4.87. The predicted molar refractivity (Wildman–Crippen MR) is 116 cm³/mol. The molecule has 0 aliphatic heterocycles. The van der Waals surface area contributed by atoms with Gasteiger partial charge in [-0.2, -0.15) is 13.2 Å². The van der Waals surface area contributed by atoms with Gasteiger partial charge in [-0.3, -0.25) is 9.59 Å². The van der Waals surface area contributed by atoms with Crippen LogP contribution >= 0.6 is 11.3 Å². The fraction of sp³-hybridized carbons (Fsp3) is 0.0435. The molecule has 0 saturated heterocycles. The molecule has 4 aromatic rings. The predicted octanol–water partition coefficient (Wildman–Crippen LogP) is 6.70. The average molecular weight is 476 g/mol. The molecular formula is C23H13F5N2O2S. The van der Waals surface area contributed by atoms with E-state index in [0.29, 0.717) is 10.8 Å². The molecule has 4 rings (SSSR count). The third kappa shape index (κ3) is 4.70. The number of carbonyl (C=O) groups excluding carboxylic acids is 2. The van der Waals surface area contributed by atoms with Crippen molar-refractivity contribution < 1.29 is 31.5 Å². The average Bonchev–Trinajstić information content (AvgIpc) is 3.20. The SMILES string of the molecule is O=C(Nc1ccc(NC(=O)c2ccccc2F)cc1C(F)(F)F)c1cc2c(F)cccc2s1. The van der Waals surface area contributed by atoms with E-state index >= 15 is 0 Å². The Bertz CT molecular complexity index is 1380. The molecule has 0 spiro atoms. The van der Waals surface area contributed by atoms with Crippen LogP contribution in [0.25, 0.3) is 10.1 Å². The van der Waals surface area contributed by atoms with Crippen molar-refractivity contribution in [2.45, 2.75) is 6.18 Å². The maximum Gasteiger partial charge on any atom is 0.418 e. The van der Waals surface area contributed by atoms with Crippen LogP contribution in [0.4, 0.5) is 33.3 Å². The fourth-order valence-corrected chi connectivity index (χ4v) is 4.10. The van der Waals surface area contributed by atoms with Crippen LogP contribution in [0.3, 0.4) is 0 Å². The quantitative estimate of drug-likeness (QED) is 0.322. The van der Waals surface area contributed by atoms with Crippen LogP contribution in [0.15, 0.2) is 66.7 Å². The maximum absolute atomic E-state index is 13.9. The van der Waals surface area contributed by atoms with Crippen molar-refractivity contribution in [2.24, 2.45) is 0 Å². The van der Waals surface area contributed by atoms with Crippen molar-refractivity contribution in [3.8, 4) is 0 Å². The number of hydrogen-bond acceptors (Lipinski definition) is 3. The first-order valence-electron chi connectivity index (χ1n) is 9.40. The molecule has 0 aliphatic carbocycles. The second-order valence-corrected chi connectivity index (χ2v) is 7.99. The van der Waals surface area contributed by atoms with Crippen LogP contribution in [0.1, 0.15) is 25.6 Å². The van der Waals surface area contributed by atoms with Crippen molar-refractivity contribution in [1.29, 1.82) is 0 Å². The summed E-state index contributed by atoms with van der Waals surface area (Å²) in [6.45, 7) is 0. The monoisotopic (exact) mass is 476 g/mol. The highest BCUT2D eigenvalue weighted by molar-refractivity contribution is 7.20. The van der Waals surface area contributed by atoms with E-state index in [9.17, 15) is 31.5 Å². The molecule has 0 aliphatic rings. The van der Waals surface area contributed by atoms with Gasteiger partial charge in [0.1, 0.15) is 11.6 Å². The van der Waals surface area contributed by atoms with Gasteiger partial charge in [-0.15, -0.1) is 11.3 Å². The van der Waals surface area contributed by atoms with Gasteiger partial charge < -0.3 is 10.6 Å². The first-order valence-corrected chi connectivity index (χ1v) is 10.2. The minimum atomic E-state index is -4.87. The van der Waals surface area contributed by atoms with E-state index in [2.05, 4.69) is 10.6 Å². The summed E-state index contributed by atoms with van der Waals surface area (Å²) in [5.41, 5.74) is -2.33. The second kappa shape index (κ2) is 8.62. The van der Waals surface area contributed by atoms with Crippen molar-refractivity contribution in [1.82, 2.24) is 0 Å². The summed E-state index contributed by atoms with van der Waals surface area (Å²) in [4.78, 5) is 24.8. The number of rotatable bonds is 4. The zero-order valence-corrected chi connectivity index (χ0v) is 17.3. The molecule has 0 unspecified atom stereocenters. The van der Waals surface area contributed by atoms with Crippen LogP contribution in [0.2, 0.25) is 0 Å². The highest BCUT2D eigenvalue weighted by Gasteiger charge is 2.34. The van der Waals surface area contributed by atoms with Crippen molar-refractivity contribution in [2.75, 3.05) is 10.6 Å². The Morgan fingerprint density at radius 1 is 0.788 bits per heavy atom. The molecule has 2 N–H and O–H groups in total. The molecule has 1 heterocycles. The summed E-state index contributed by atoms with van der Waals surface area (Å²) in [5.74, 6) is -3.14. The molecule has 0 radical (unpaired) electrons. The van der Waals surface area contributed by atoms with Crippen LogP contribution in [-0.2, 0) is 6.18 Å². The molecule has 0 saturated carbocycles. The Kier molecular flexibility index (Phi) is 5.86. The fourth-order valence-electron chi connectivity index (χ4n) is 3.13. The standard InChI is InChI=1S/C23H13F5N2O2S/c24-16-5-2-1-4-13(16)21(31)29-12-8-9-18(15(10-12)23(26,27)28)30-22(32)20-11-14-17(25)6-3-7-19(14)33-20/h1-11H,(H,29,31)(H,30,32). The number of alkyl halides is 3. The minimum Gasteiger partial charge on any atom is -0.322 e. The molecule has 1 aromatic heterocycles. The van der Waals surface area contributed by atoms with E-state index in [1.807, 2.05) is 0 Å². The Morgan fingerprint density at radius 3 is 2.21 bits per heavy atom. The molecule has 168 valence electrons. The zero-order chi connectivity index (χ0) is 23.8. The van der Waals surface area contributed by atoms with E-state index in [4.69, 9.17) is 0 Å². The topological polar surface area (TPSA) is 58.2 Å².